The Hall–Kier alpha value is -1.75. The summed E-state index contributed by atoms with van der Waals surface area (Å²) in [5.74, 6) is -0.430. The molecule has 0 aliphatic heterocycles. The Labute approximate surface area is 173 Å². The third-order valence-corrected chi connectivity index (χ3v) is 7.80. The van der Waals surface area contributed by atoms with Crippen LogP contribution in [0.4, 0.5) is 5.13 Å². The van der Waals surface area contributed by atoms with E-state index in [1.54, 1.807) is 32.1 Å². The van der Waals surface area contributed by atoms with Gasteiger partial charge in [0, 0.05) is 26.4 Å². The minimum atomic E-state index is -3.85. The number of hydrogen-bond donors (Lipinski definition) is 3. The lowest BCUT2D eigenvalue weighted by Crippen LogP contribution is -2.46. The molecule has 3 N–H and O–H groups in total. The maximum atomic E-state index is 12.9. The van der Waals surface area contributed by atoms with Gasteiger partial charge in [-0.05, 0) is 6.92 Å². The predicted octanol–water partition coefficient (Wildman–Crippen LogP) is 1.78. The fourth-order valence-corrected chi connectivity index (χ4v) is 6.15. The van der Waals surface area contributed by atoms with Gasteiger partial charge in [-0.3, -0.25) is 9.59 Å². The fraction of sp³-hybridized carbons (Fsp3) is 0.471. The van der Waals surface area contributed by atoms with E-state index in [9.17, 15) is 18.0 Å². The molecule has 0 bridgehead atoms. The molecule has 2 unspecified atom stereocenters. The highest BCUT2D eigenvalue weighted by Crippen LogP contribution is 2.45. The zero-order valence-corrected chi connectivity index (χ0v) is 18.2. The van der Waals surface area contributed by atoms with E-state index in [2.05, 4.69) is 20.3 Å². The second-order valence-corrected chi connectivity index (χ2v) is 9.70. The van der Waals surface area contributed by atoms with Gasteiger partial charge in [-0.15, -0.1) is 11.6 Å². The Morgan fingerprint density at radius 2 is 2.04 bits per heavy atom. The number of anilines is 1. The number of carbonyl (C=O) groups is 2. The molecule has 0 saturated heterocycles. The lowest BCUT2D eigenvalue weighted by Gasteiger charge is -2.32. The largest absolute Gasteiger partial charge is 0.355 e. The molecule has 2 amide bonds. The highest BCUT2D eigenvalue weighted by molar-refractivity contribution is 7.90. The van der Waals surface area contributed by atoms with Crippen LogP contribution in [-0.4, -0.2) is 43.6 Å². The van der Waals surface area contributed by atoms with E-state index in [0.717, 1.165) is 11.3 Å². The predicted molar refractivity (Wildman–Crippen MR) is 111 cm³/mol. The van der Waals surface area contributed by atoms with Gasteiger partial charge in [-0.1, -0.05) is 42.6 Å². The van der Waals surface area contributed by atoms with Crippen molar-refractivity contribution < 1.29 is 18.0 Å². The van der Waals surface area contributed by atoms with Crippen molar-refractivity contribution in [2.24, 2.45) is 0 Å². The van der Waals surface area contributed by atoms with Crippen LogP contribution in [0.25, 0.3) is 0 Å². The van der Waals surface area contributed by atoms with Gasteiger partial charge in [0.05, 0.1) is 10.6 Å². The van der Waals surface area contributed by atoms with Crippen molar-refractivity contribution in [2.75, 3.05) is 18.4 Å². The summed E-state index contributed by atoms with van der Waals surface area (Å²) in [6, 6.07) is 0. The van der Waals surface area contributed by atoms with Gasteiger partial charge < -0.3 is 10.6 Å². The minimum absolute atomic E-state index is 0.0495. The Bertz CT molecular complexity index is 910. The molecular formula is C17H23ClN4O4S2. The third-order valence-electron chi connectivity index (χ3n) is 3.98. The van der Waals surface area contributed by atoms with Crippen LogP contribution in [0.3, 0.4) is 0 Å². The van der Waals surface area contributed by atoms with Crippen LogP contribution < -0.4 is 15.4 Å². The topological polar surface area (TPSA) is 117 Å². The summed E-state index contributed by atoms with van der Waals surface area (Å²) in [4.78, 5) is 26.0. The number of amides is 2. The molecule has 0 radical (unpaired) electrons. The third kappa shape index (κ3) is 5.19. The summed E-state index contributed by atoms with van der Waals surface area (Å²) < 4.78 is 28.3. The molecule has 0 fully saturated rings. The number of nitrogens with zero attached hydrogens (tertiary/aromatic N) is 1. The molecular weight excluding hydrogens is 424 g/mol. The Morgan fingerprint density at radius 1 is 1.32 bits per heavy atom. The first-order valence-electron chi connectivity index (χ1n) is 8.65. The first kappa shape index (κ1) is 22.5. The zero-order chi connectivity index (χ0) is 20.9. The number of nitrogens with one attached hydrogen (secondary N) is 3. The van der Waals surface area contributed by atoms with E-state index >= 15 is 0 Å². The number of hydrogen-bond acceptors (Lipinski definition) is 6. The highest BCUT2D eigenvalue weighted by atomic mass is 35.5. The minimum Gasteiger partial charge on any atom is -0.355 e. The number of aromatic nitrogens is 1. The van der Waals surface area contributed by atoms with Gasteiger partial charge in [0.15, 0.2) is 5.13 Å². The normalized spacial score (nSPS) is 21.5. The van der Waals surface area contributed by atoms with E-state index in [4.69, 9.17) is 11.6 Å². The van der Waals surface area contributed by atoms with Gasteiger partial charge in [0.2, 0.25) is 21.8 Å². The van der Waals surface area contributed by atoms with Gasteiger partial charge in [0.1, 0.15) is 10.1 Å². The Balaban J connectivity index is 2.24. The van der Waals surface area contributed by atoms with E-state index in [0.29, 0.717) is 22.1 Å². The van der Waals surface area contributed by atoms with Crippen molar-refractivity contribution in [2.45, 2.75) is 37.3 Å². The van der Waals surface area contributed by atoms with E-state index in [-0.39, 0.29) is 24.9 Å². The average molecular weight is 447 g/mol. The molecule has 1 aliphatic rings. The number of rotatable bonds is 8. The van der Waals surface area contributed by atoms with Crippen molar-refractivity contribution in [3.63, 3.8) is 0 Å². The van der Waals surface area contributed by atoms with Gasteiger partial charge in [0.25, 0.3) is 0 Å². The second kappa shape index (κ2) is 9.17. The average Bonchev–Trinajstić information content (AvgIpc) is 2.99. The molecule has 0 saturated carbocycles. The Morgan fingerprint density at radius 3 is 2.68 bits per heavy atom. The monoisotopic (exact) mass is 446 g/mol. The van der Waals surface area contributed by atoms with Crippen molar-refractivity contribution in [1.82, 2.24) is 15.0 Å². The molecule has 1 aliphatic carbocycles. The molecule has 1 aromatic heterocycles. The van der Waals surface area contributed by atoms with Crippen LogP contribution in [0.5, 0.6) is 0 Å². The first-order chi connectivity index (χ1) is 13.1. The smallest absolute Gasteiger partial charge is 0.223 e. The molecule has 2 rings (SSSR count). The van der Waals surface area contributed by atoms with Crippen LogP contribution in [0.15, 0.2) is 24.3 Å². The molecule has 154 valence electrons. The first-order valence-corrected chi connectivity index (χ1v) is 11.4. The van der Waals surface area contributed by atoms with Crippen LogP contribution in [0.2, 0.25) is 0 Å². The second-order valence-electron chi connectivity index (χ2n) is 6.19. The molecule has 0 spiro atoms. The lowest BCUT2D eigenvalue weighted by molar-refractivity contribution is -0.120. The number of sulfonamides is 1. The standard InChI is InChI=1S/C17H23ClN4O4S2/c1-4-14(24)19-9-10-20-28(25,26)13-7-5-6-8-17(13,18)15-11(2)21-16(27-15)22-12(3)23/h5-8,13,20H,4,9-10H2,1-3H3,(H,19,24)(H,21,22,23). The van der Waals surface area contributed by atoms with Crippen LogP contribution in [-0.2, 0) is 24.5 Å². The zero-order valence-electron chi connectivity index (χ0n) is 15.8. The Kier molecular flexibility index (Phi) is 7.38. The molecule has 0 aromatic carbocycles. The maximum absolute atomic E-state index is 12.9. The summed E-state index contributed by atoms with van der Waals surface area (Å²) in [7, 11) is -3.85. The molecule has 28 heavy (non-hydrogen) atoms. The number of alkyl halides is 1. The van der Waals surface area contributed by atoms with Crippen molar-refractivity contribution >= 4 is 49.9 Å². The molecule has 1 aromatic rings. The van der Waals surface area contributed by atoms with Crippen LogP contribution in [0.1, 0.15) is 30.8 Å². The van der Waals surface area contributed by atoms with Crippen LogP contribution in [0, 0.1) is 6.92 Å². The molecule has 1 heterocycles. The quantitative estimate of drug-likeness (QED) is 0.415. The van der Waals surface area contributed by atoms with Gasteiger partial charge >= 0.3 is 0 Å². The van der Waals surface area contributed by atoms with Crippen molar-refractivity contribution in [1.29, 1.82) is 0 Å². The van der Waals surface area contributed by atoms with Crippen molar-refractivity contribution in [3.8, 4) is 0 Å². The van der Waals surface area contributed by atoms with E-state index in [1.807, 2.05) is 0 Å². The molecule has 2 atom stereocenters. The molecule has 8 nitrogen and oxygen atoms in total. The highest BCUT2D eigenvalue weighted by Gasteiger charge is 2.46. The lowest BCUT2D eigenvalue weighted by atomic mass is 9.96. The SMILES string of the molecule is CCC(=O)NCCNS(=O)(=O)C1C=CC=CC1(Cl)c1sc(NC(C)=O)nc1C. The molecule has 11 heteroatoms. The number of allylic oxidation sites excluding steroid dienone is 3. The number of carbonyl (C=O) groups excluding carboxylic acids is 2. The number of halogens is 1. The maximum Gasteiger partial charge on any atom is 0.223 e. The summed E-state index contributed by atoms with van der Waals surface area (Å²) in [6.45, 7) is 5.02. The summed E-state index contributed by atoms with van der Waals surface area (Å²) >= 11 is 7.96. The van der Waals surface area contributed by atoms with Gasteiger partial charge in [-0.2, -0.15) is 0 Å². The van der Waals surface area contributed by atoms with E-state index in [1.165, 1.54) is 13.0 Å². The van der Waals surface area contributed by atoms with Gasteiger partial charge in [-0.25, -0.2) is 18.1 Å². The number of aryl methyl sites for hydroxylation is 1. The van der Waals surface area contributed by atoms with E-state index < -0.39 is 20.1 Å². The number of thiazole rings is 1. The van der Waals surface area contributed by atoms with Crippen molar-refractivity contribution in [3.05, 3.63) is 34.9 Å². The fourth-order valence-electron chi connectivity index (χ4n) is 2.70. The van der Waals surface area contributed by atoms with Crippen LogP contribution >= 0.6 is 22.9 Å². The summed E-state index contributed by atoms with van der Waals surface area (Å²) in [6.07, 6.45) is 6.74. The summed E-state index contributed by atoms with van der Waals surface area (Å²) in [5.41, 5.74) is 0.541. The summed E-state index contributed by atoms with van der Waals surface area (Å²) in [5, 5.41) is 4.48.